The third kappa shape index (κ3) is 4.17. The van der Waals surface area contributed by atoms with Crippen molar-refractivity contribution in [1.29, 1.82) is 0 Å². The summed E-state index contributed by atoms with van der Waals surface area (Å²) in [6.45, 7) is 1.67. The van der Waals surface area contributed by atoms with Crippen LogP contribution >= 0.6 is 11.6 Å². The number of aromatic hydroxyl groups is 1. The van der Waals surface area contributed by atoms with Gasteiger partial charge in [0.1, 0.15) is 5.75 Å². The fourth-order valence-corrected chi connectivity index (χ4v) is 2.06. The van der Waals surface area contributed by atoms with E-state index in [1.807, 2.05) is 0 Å². The van der Waals surface area contributed by atoms with Gasteiger partial charge in [-0.1, -0.05) is 18.5 Å². The minimum absolute atomic E-state index is 0.104. The van der Waals surface area contributed by atoms with Crippen molar-refractivity contribution in [1.82, 2.24) is 0 Å². The number of halogens is 1. The van der Waals surface area contributed by atoms with Gasteiger partial charge in [0.05, 0.1) is 12.8 Å². The predicted octanol–water partition coefficient (Wildman–Crippen LogP) is 3.62. The zero-order chi connectivity index (χ0) is 17.7. The van der Waals surface area contributed by atoms with Crippen LogP contribution in [0.3, 0.4) is 0 Å². The zero-order valence-corrected chi connectivity index (χ0v) is 13.9. The van der Waals surface area contributed by atoms with Crippen molar-refractivity contribution in [3.05, 3.63) is 47.0 Å². The second kappa shape index (κ2) is 7.70. The number of hydrogen-bond acceptors (Lipinski definition) is 5. The van der Waals surface area contributed by atoms with Crippen molar-refractivity contribution in [2.75, 3.05) is 12.4 Å². The molecule has 0 aliphatic heterocycles. The lowest BCUT2D eigenvalue weighted by atomic mass is 10.1. The third-order valence-corrected chi connectivity index (χ3v) is 3.38. The molecule has 0 atom stereocenters. The van der Waals surface area contributed by atoms with Crippen molar-refractivity contribution < 1.29 is 24.2 Å². The molecule has 0 aromatic heterocycles. The monoisotopic (exact) mass is 349 g/mol. The van der Waals surface area contributed by atoms with E-state index in [1.54, 1.807) is 6.92 Å². The Morgan fingerprint density at radius 1 is 1.17 bits per heavy atom. The molecule has 2 aromatic carbocycles. The van der Waals surface area contributed by atoms with E-state index in [-0.39, 0.29) is 34.9 Å². The van der Waals surface area contributed by atoms with E-state index in [4.69, 9.17) is 21.1 Å². The van der Waals surface area contributed by atoms with E-state index in [9.17, 15) is 14.7 Å². The third-order valence-electron chi connectivity index (χ3n) is 3.15. The quantitative estimate of drug-likeness (QED) is 0.489. The number of ether oxygens (including phenoxy) is 2. The van der Waals surface area contributed by atoms with Crippen molar-refractivity contribution in [3.63, 3.8) is 0 Å². The summed E-state index contributed by atoms with van der Waals surface area (Å²) in [4.78, 5) is 23.7. The normalized spacial score (nSPS) is 10.1. The molecule has 2 rings (SSSR count). The summed E-state index contributed by atoms with van der Waals surface area (Å²) >= 11 is 5.85. The summed E-state index contributed by atoms with van der Waals surface area (Å²) in [5, 5.41) is 12.7. The molecule has 0 heterocycles. The average Bonchev–Trinajstić information content (AvgIpc) is 2.58. The Labute approximate surface area is 144 Å². The lowest BCUT2D eigenvalue weighted by Crippen LogP contribution is -2.13. The van der Waals surface area contributed by atoms with Crippen LogP contribution in [0.15, 0.2) is 36.4 Å². The average molecular weight is 350 g/mol. The summed E-state index contributed by atoms with van der Waals surface area (Å²) in [5.41, 5.74) is 0.454. The molecular weight excluding hydrogens is 334 g/mol. The lowest BCUT2D eigenvalue weighted by molar-refractivity contribution is -0.134. The van der Waals surface area contributed by atoms with Crippen LogP contribution in [0.5, 0.6) is 17.2 Å². The fraction of sp³-hybridized carbons (Fsp3) is 0.176. The maximum Gasteiger partial charge on any atom is 0.311 e. The van der Waals surface area contributed by atoms with Crippen molar-refractivity contribution in [2.45, 2.75) is 13.3 Å². The Morgan fingerprint density at radius 2 is 1.92 bits per heavy atom. The van der Waals surface area contributed by atoms with Crippen LogP contribution in [0, 0.1) is 0 Å². The number of carbonyl (C=O) groups excluding carboxylic acids is 2. The number of benzene rings is 2. The van der Waals surface area contributed by atoms with Crippen LogP contribution in [0.25, 0.3) is 0 Å². The van der Waals surface area contributed by atoms with Crippen molar-refractivity contribution in [3.8, 4) is 17.2 Å². The number of nitrogens with one attached hydrogen (secondary N) is 1. The Balaban J connectivity index is 2.23. The Kier molecular flexibility index (Phi) is 5.65. The smallest absolute Gasteiger partial charge is 0.311 e. The van der Waals surface area contributed by atoms with Gasteiger partial charge in [-0.25, -0.2) is 0 Å². The number of hydrogen-bond donors (Lipinski definition) is 2. The summed E-state index contributed by atoms with van der Waals surface area (Å²) in [6, 6.07) is 8.72. The van der Waals surface area contributed by atoms with Crippen LogP contribution in [-0.4, -0.2) is 24.1 Å². The number of phenolic OH excluding ortho intramolecular Hbond substituents is 1. The molecule has 2 aromatic rings. The largest absolute Gasteiger partial charge is 0.506 e. The van der Waals surface area contributed by atoms with Crippen LogP contribution in [-0.2, 0) is 4.79 Å². The molecule has 126 valence electrons. The van der Waals surface area contributed by atoms with Gasteiger partial charge in [0, 0.05) is 17.0 Å². The highest BCUT2D eigenvalue weighted by Gasteiger charge is 2.14. The number of anilines is 1. The molecule has 1 amide bonds. The van der Waals surface area contributed by atoms with Crippen LogP contribution < -0.4 is 14.8 Å². The Hall–Kier alpha value is -2.73. The maximum absolute atomic E-state index is 12.3. The minimum atomic E-state index is -0.473. The SMILES string of the molecule is CCC(=O)Oc1ccc(C(=O)Nc2cc(Cl)ccc2O)cc1OC. The maximum atomic E-state index is 12.3. The Morgan fingerprint density at radius 3 is 2.58 bits per heavy atom. The first-order chi connectivity index (χ1) is 11.4. The molecule has 7 heteroatoms. The van der Waals surface area contributed by atoms with Gasteiger partial charge in [0.15, 0.2) is 11.5 Å². The van der Waals surface area contributed by atoms with E-state index in [2.05, 4.69) is 5.32 Å². The fourth-order valence-electron chi connectivity index (χ4n) is 1.89. The molecule has 0 fully saturated rings. The molecule has 0 aliphatic carbocycles. The Bertz CT molecular complexity index is 776. The topological polar surface area (TPSA) is 84.9 Å². The van der Waals surface area contributed by atoms with E-state index in [0.29, 0.717) is 5.02 Å². The highest BCUT2D eigenvalue weighted by atomic mass is 35.5. The molecular formula is C17H16ClNO5. The van der Waals surface area contributed by atoms with E-state index in [1.165, 1.54) is 43.5 Å². The summed E-state index contributed by atoms with van der Waals surface area (Å²) in [7, 11) is 1.41. The van der Waals surface area contributed by atoms with E-state index >= 15 is 0 Å². The van der Waals surface area contributed by atoms with Gasteiger partial charge >= 0.3 is 5.97 Å². The molecule has 0 aliphatic rings. The standard InChI is InChI=1S/C17H16ClNO5/c1-3-16(21)24-14-7-4-10(8-15(14)23-2)17(22)19-12-9-11(18)5-6-13(12)20/h4-9,20H,3H2,1-2H3,(H,19,22). The van der Waals surface area contributed by atoms with Gasteiger partial charge < -0.3 is 19.9 Å². The zero-order valence-electron chi connectivity index (χ0n) is 13.1. The van der Waals surface area contributed by atoms with Gasteiger partial charge in [0.25, 0.3) is 5.91 Å². The molecule has 2 N–H and O–H groups in total. The van der Waals surface area contributed by atoms with Gasteiger partial charge in [0.2, 0.25) is 0 Å². The summed E-state index contributed by atoms with van der Waals surface area (Å²) < 4.78 is 10.3. The number of rotatable bonds is 5. The molecule has 6 nitrogen and oxygen atoms in total. The second-order valence-electron chi connectivity index (χ2n) is 4.81. The van der Waals surface area contributed by atoms with Gasteiger partial charge in [-0.3, -0.25) is 9.59 Å². The highest BCUT2D eigenvalue weighted by molar-refractivity contribution is 6.31. The predicted molar refractivity (Wildman–Crippen MR) is 90.0 cm³/mol. The van der Waals surface area contributed by atoms with Gasteiger partial charge in [-0.05, 0) is 36.4 Å². The highest BCUT2D eigenvalue weighted by Crippen LogP contribution is 2.30. The van der Waals surface area contributed by atoms with Gasteiger partial charge in [-0.2, -0.15) is 0 Å². The summed E-state index contributed by atoms with van der Waals surface area (Å²) in [6.07, 6.45) is 0.222. The number of amides is 1. The van der Waals surface area contributed by atoms with Crippen LogP contribution in [0.2, 0.25) is 5.02 Å². The number of carbonyl (C=O) groups is 2. The number of methoxy groups -OCH3 is 1. The number of esters is 1. The molecule has 0 radical (unpaired) electrons. The summed E-state index contributed by atoms with van der Waals surface area (Å²) in [5.74, 6) is -0.506. The lowest BCUT2D eigenvalue weighted by Gasteiger charge is -2.11. The number of phenols is 1. The molecule has 24 heavy (non-hydrogen) atoms. The van der Waals surface area contributed by atoms with E-state index < -0.39 is 11.9 Å². The van der Waals surface area contributed by atoms with Crippen molar-refractivity contribution >= 4 is 29.2 Å². The molecule has 0 bridgehead atoms. The molecule has 0 unspecified atom stereocenters. The molecule has 0 saturated carbocycles. The van der Waals surface area contributed by atoms with Gasteiger partial charge in [-0.15, -0.1) is 0 Å². The van der Waals surface area contributed by atoms with Crippen molar-refractivity contribution in [2.24, 2.45) is 0 Å². The van der Waals surface area contributed by atoms with Crippen LogP contribution in [0.1, 0.15) is 23.7 Å². The first-order valence-corrected chi connectivity index (χ1v) is 7.51. The molecule has 0 spiro atoms. The minimum Gasteiger partial charge on any atom is -0.506 e. The first-order valence-electron chi connectivity index (χ1n) is 7.13. The van der Waals surface area contributed by atoms with E-state index in [0.717, 1.165) is 0 Å². The molecule has 0 saturated heterocycles. The second-order valence-corrected chi connectivity index (χ2v) is 5.25. The van der Waals surface area contributed by atoms with Crippen LogP contribution in [0.4, 0.5) is 5.69 Å². The first kappa shape index (κ1) is 17.6.